The van der Waals surface area contributed by atoms with Crippen LogP contribution in [0.2, 0.25) is 10.2 Å². The fraction of sp³-hybridized carbons (Fsp3) is 0. The summed E-state index contributed by atoms with van der Waals surface area (Å²) in [5.74, 6) is 0. The Morgan fingerprint density at radius 1 is 1.15 bits per heavy atom. The zero-order chi connectivity index (χ0) is 9.42. The Balaban J connectivity index is 3.00. The Kier molecular flexibility index (Phi) is 2.41. The van der Waals surface area contributed by atoms with Gasteiger partial charge in [-0.15, -0.1) is 0 Å². The first-order chi connectivity index (χ1) is 6.20. The fourth-order valence-corrected chi connectivity index (χ4v) is 2.13. The number of nitrogens with zero attached hydrogens (tertiary/aromatic N) is 2. The highest BCUT2D eigenvalue weighted by Crippen LogP contribution is 2.31. The van der Waals surface area contributed by atoms with Crippen LogP contribution in [0.1, 0.15) is 0 Å². The van der Waals surface area contributed by atoms with E-state index in [1.807, 2.05) is 6.07 Å². The van der Waals surface area contributed by atoms with Crippen LogP contribution in [0.4, 0.5) is 0 Å². The predicted octanol–water partition coefficient (Wildman–Crippen LogP) is 3.70. The molecule has 0 atom stereocenters. The minimum Gasteiger partial charge on any atom is -0.235 e. The molecule has 0 radical (unpaired) electrons. The molecule has 1 aromatic heterocycles. The maximum atomic E-state index is 5.93. The molecule has 0 amide bonds. The largest absolute Gasteiger partial charge is 0.235 e. The number of fused-ring (bicyclic) bond motifs is 1. The van der Waals surface area contributed by atoms with Gasteiger partial charge in [-0.1, -0.05) is 23.2 Å². The minimum absolute atomic E-state index is 0.402. The molecular formula is C8H3BrCl2N2. The van der Waals surface area contributed by atoms with Crippen LogP contribution in [0.3, 0.4) is 0 Å². The Morgan fingerprint density at radius 2 is 1.92 bits per heavy atom. The van der Waals surface area contributed by atoms with E-state index in [1.54, 1.807) is 6.07 Å². The summed E-state index contributed by atoms with van der Waals surface area (Å²) < 4.78 is 0.845. The first kappa shape index (κ1) is 9.19. The molecule has 0 aliphatic rings. The number of benzene rings is 1. The van der Waals surface area contributed by atoms with Gasteiger partial charge >= 0.3 is 0 Å². The SMILES string of the molecule is Clc1ccc(Br)c2c(Cl)ncnc12. The first-order valence-corrected chi connectivity index (χ1v) is 4.99. The number of halogens is 3. The molecule has 1 heterocycles. The van der Waals surface area contributed by atoms with E-state index in [1.165, 1.54) is 6.33 Å². The number of aromatic nitrogens is 2. The van der Waals surface area contributed by atoms with Gasteiger partial charge in [-0.05, 0) is 28.1 Å². The van der Waals surface area contributed by atoms with Crippen LogP contribution in [-0.4, -0.2) is 9.97 Å². The highest BCUT2D eigenvalue weighted by molar-refractivity contribution is 9.10. The second-order valence-electron chi connectivity index (χ2n) is 2.42. The van der Waals surface area contributed by atoms with Gasteiger partial charge in [0.05, 0.1) is 15.9 Å². The van der Waals surface area contributed by atoms with Crippen molar-refractivity contribution < 1.29 is 0 Å². The molecule has 2 aromatic rings. The van der Waals surface area contributed by atoms with Crippen LogP contribution in [-0.2, 0) is 0 Å². The smallest absolute Gasteiger partial charge is 0.141 e. The topological polar surface area (TPSA) is 25.8 Å². The third-order valence-corrected chi connectivity index (χ3v) is 2.89. The van der Waals surface area contributed by atoms with Gasteiger partial charge in [0.2, 0.25) is 0 Å². The summed E-state index contributed by atoms with van der Waals surface area (Å²) in [5.41, 5.74) is 0.663. The van der Waals surface area contributed by atoms with Crippen molar-refractivity contribution in [1.82, 2.24) is 9.97 Å². The van der Waals surface area contributed by atoms with Gasteiger partial charge in [-0.3, -0.25) is 0 Å². The lowest BCUT2D eigenvalue weighted by molar-refractivity contribution is 1.22. The zero-order valence-electron chi connectivity index (χ0n) is 6.26. The molecule has 2 rings (SSSR count). The van der Waals surface area contributed by atoms with Gasteiger partial charge in [0, 0.05) is 4.47 Å². The number of rotatable bonds is 0. The number of hydrogen-bond donors (Lipinski definition) is 0. The lowest BCUT2D eigenvalue weighted by Gasteiger charge is -2.02. The summed E-state index contributed by atoms with van der Waals surface area (Å²) in [6.07, 6.45) is 1.39. The molecule has 0 saturated heterocycles. The van der Waals surface area contributed by atoms with Crippen LogP contribution < -0.4 is 0 Å². The molecule has 0 unspecified atom stereocenters. The molecule has 0 aliphatic carbocycles. The lowest BCUT2D eigenvalue weighted by Crippen LogP contribution is -1.85. The third-order valence-electron chi connectivity index (χ3n) is 1.64. The lowest BCUT2D eigenvalue weighted by atomic mass is 10.2. The Hall–Kier alpha value is -0.380. The summed E-state index contributed by atoms with van der Waals surface area (Å²) in [6.45, 7) is 0. The van der Waals surface area contributed by atoms with Crippen molar-refractivity contribution >= 4 is 50.0 Å². The zero-order valence-corrected chi connectivity index (χ0v) is 9.36. The van der Waals surface area contributed by atoms with E-state index in [2.05, 4.69) is 25.9 Å². The van der Waals surface area contributed by atoms with Gasteiger partial charge in [0.15, 0.2) is 0 Å². The van der Waals surface area contributed by atoms with E-state index in [9.17, 15) is 0 Å². The quantitative estimate of drug-likeness (QED) is 0.686. The predicted molar refractivity (Wildman–Crippen MR) is 57.3 cm³/mol. The summed E-state index contributed by atoms with van der Waals surface area (Å²) in [5, 5.41) is 1.72. The van der Waals surface area contributed by atoms with Crippen LogP contribution in [0.15, 0.2) is 22.9 Å². The fourth-order valence-electron chi connectivity index (χ4n) is 1.07. The molecule has 2 nitrogen and oxygen atoms in total. The van der Waals surface area contributed by atoms with Crippen molar-refractivity contribution in [3.63, 3.8) is 0 Å². The monoisotopic (exact) mass is 276 g/mol. The molecule has 0 spiro atoms. The minimum atomic E-state index is 0.402. The van der Waals surface area contributed by atoms with Gasteiger partial charge in [0.25, 0.3) is 0 Å². The standard InChI is InChI=1S/C8H3BrCl2N2/c9-4-1-2-5(10)7-6(4)8(11)13-3-12-7/h1-3H. The van der Waals surface area contributed by atoms with E-state index in [4.69, 9.17) is 23.2 Å². The Morgan fingerprint density at radius 3 is 2.62 bits per heavy atom. The third kappa shape index (κ3) is 1.52. The first-order valence-electron chi connectivity index (χ1n) is 3.44. The highest BCUT2D eigenvalue weighted by Gasteiger charge is 2.07. The molecule has 13 heavy (non-hydrogen) atoms. The van der Waals surface area contributed by atoms with E-state index >= 15 is 0 Å². The molecule has 5 heteroatoms. The van der Waals surface area contributed by atoms with Crippen LogP contribution in [0.25, 0.3) is 10.9 Å². The Labute approximate surface area is 93.0 Å². The summed E-state index contributed by atoms with van der Waals surface area (Å²) in [4.78, 5) is 7.92. The molecule has 0 N–H and O–H groups in total. The van der Waals surface area contributed by atoms with Crippen molar-refractivity contribution in [3.8, 4) is 0 Å². The van der Waals surface area contributed by atoms with Gasteiger partial charge in [-0.25, -0.2) is 9.97 Å². The summed E-state index contributed by atoms with van der Waals surface area (Å²) in [7, 11) is 0. The van der Waals surface area contributed by atoms with Gasteiger partial charge in [-0.2, -0.15) is 0 Å². The molecule has 66 valence electrons. The molecule has 0 aliphatic heterocycles. The van der Waals surface area contributed by atoms with E-state index in [-0.39, 0.29) is 0 Å². The van der Waals surface area contributed by atoms with Gasteiger partial charge in [0.1, 0.15) is 11.5 Å². The van der Waals surface area contributed by atoms with Crippen LogP contribution in [0.5, 0.6) is 0 Å². The maximum absolute atomic E-state index is 5.93. The molecule has 0 fully saturated rings. The van der Waals surface area contributed by atoms with Crippen LogP contribution in [0, 0.1) is 0 Å². The van der Waals surface area contributed by atoms with Crippen molar-refractivity contribution in [3.05, 3.63) is 33.1 Å². The normalized spacial score (nSPS) is 10.7. The van der Waals surface area contributed by atoms with Crippen molar-refractivity contribution in [1.29, 1.82) is 0 Å². The molecule has 1 aromatic carbocycles. The van der Waals surface area contributed by atoms with Crippen molar-refractivity contribution in [2.75, 3.05) is 0 Å². The molecule has 0 saturated carbocycles. The maximum Gasteiger partial charge on any atom is 0.141 e. The summed E-state index contributed by atoms with van der Waals surface area (Å²) >= 11 is 15.2. The number of hydrogen-bond acceptors (Lipinski definition) is 2. The Bertz CT molecular complexity index is 465. The average Bonchev–Trinajstić information content (AvgIpc) is 2.12. The highest BCUT2D eigenvalue weighted by atomic mass is 79.9. The van der Waals surface area contributed by atoms with Crippen molar-refractivity contribution in [2.45, 2.75) is 0 Å². The van der Waals surface area contributed by atoms with Crippen LogP contribution >= 0.6 is 39.1 Å². The summed E-state index contributed by atoms with van der Waals surface area (Å²) in [6, 6.07) is 3.58. The van der Waals surface area contributed by atoms with E-state index < -0.39 is 0 Å². The van der Waals surface area contributed by atoms with E-state index in [0.29, 0.717) is 15.7 Å². The van der Waals surface area contributed by atoms with Crippen molar-refractivity contribution in [2.24, 2.45) is 0 Å². The second kappa shape index (κ2) is 3.40. The second-order valence-corrected chi connectivity index (χ2v) is 4.04. The average molecular weight is 278 g/mol. The van der Waals surface area contributed by atoms with Gasteiger partial charge < -0.3 is 0 Å². The van der Waals surface area contributed by atoms with E-state index in [0.717, 1.165) is 9.86 Å². The molecular weight excluding hydrogens is 275 g/mol. The molecule has 0 bridgehead atoms.